The van der Waals surface area contributed by atoms with Crippen molar-refractivity contribution in [2.75, 3.05) is 0 Å². The van der Waals surface area contributed by atoms with E-state index in [9.17, 15) is 0 Å². The first kappa shape index (κ1) is 31.4. The zero-order valence-corrected chi connectivity index (χ0v) is 29.1. The second kappa shape index (κ2) is 13.3. The van der Waals surface area contributed by atoms with Crippen molar-refractivity contribution in [2.45, 2.75) is 0 Å². The number of hydrogen-bond donors (Lipinski definition) is 0. The van der Waals surface area contributed by atoms with Gasteiger partial charge in [-0.3, -0.25) is 4.98 Å². The monoisotopic (exact) mass is 689 g/mol. The van der Waals surface area contributed by atoms with Crippen LogP contribution in [0, 0.1) is 0 Å². The summed E-state index contributed by atoms with van der Waals surface area (Å²) in [5.41, 5.74) is 13.7. The van der Waals surface area contributed by atoms with Gasteiger partial charge in [-0.25, -0.2) is 19.9 Å². The summed E-state index contributed by atoms with van der Waals surface area (Å²) in [4.78, 5) is 24.8. The summed E-state index contributed by atoms with van der Waals surface area (Å²) in [6.45, 7) is 0. The van der Waals surface area contributed by atoms with E-state index in [1.54, 1.807) is 0 Å². The number of hydrogen-bond acceptors (Lipinski definition) is 5. The highest BCUT2D eigenvalue weighted by Crippen LogP contribution is 2.33. The zero-order valence-electron chi connectivity index (χ0n) is 29.1. The minimum atomic E-state index is 0.706. The van der Waals surface area contributed by atoms with Crippen molar-refractivity contribution in [3.05, 3.63) is 188 Å². The quantitative estimate of drug-likeness (QED) is 0.174. The SMILES string of the molecule is c1ccc(-c2cc(-c3ccc(-c4ccc5ccc(-c6ccc7ccc(-c8cccc9cccnc89)nc7c6)nc5c4)cc3)nc(-c3ccccc3)n2)cc1. The Bertz CT molecular complexity index is 2920. The molecule has 0 aliphatic heterocycles. The molecule has 0 amide bonds. The van der Waals surface area contributed by atoms with Crippen molar-refractivity contribution in [3.63, 3.8) is 0 Å². The smallest absolute Gasteiger partial charge is 0.160 e. The molecule has 0 radical (unpaired) electrons. The first-order valence-corrected chi connectivity index (χ1v) is 18.0. The van der Waals surface area contributed by atoms with E-state index in [2.05, 4.69) is 132 Å². The fourth-order valence-electron chi connectivity index (χ4n) is 7.10. The third-order valence-corrected chi connectivity index (χ3v) is 9.93. The maximum atomic E-state index is 5.15. The predicted octanol–water partition coefficient (Wildman–Crippen LogP) is 12.1. The normalized spacial score (nSPS) is 11.3. The molecule has 4 heterocycles. The second-order valence-electron chi connectivity index (χ2n) is 13.4. The van der Waals surface area contributed by atoms with Crippen LogP contribution in [-0.2, 0) is 0 Å². The molecule has 0 unspecified atom stereocenters. The maximum Gasteiger partial charge on any atom is 0.160 e. The Balaban J connectivity index is 0.974. The van der Waals surface area contributed by atoms with Crippen molar-refractivity contribution in [1.29, 1.82) is 0 Å². The average Bonchev–Trinajstić information content (AvgIpc) is 3.26. The number of fused-ring (bicyclic) bond motifs is 3. The summed E-state index contributed by atoms with van der Waals surface area (Å²) in [7, 11) is 0. The third kappa shape index (κ3) is 5.94. The molecule has 252 valence electrons. The first-order valence-electron chi connectivity index (χ1n) is 18.0. The van der Waals surface area contributed by atoms with E-state index in [-0.39, 0.29) is 0 Å². The summed E-state index contributed by atoms with van der Waals surface area (Å²) in [5, 5.41) is 3.27. The molecule has 0 N–H and O–H groups in total. The maximum absolute atomic E-state index is 5.15. The van der Waals surface area contributed by atoms with E-state index in [1.165, 1.54) is 0 Å². The Labute approximate surface area is 312 Å². The molecule has 0 aliphatic carbocycles. The fourth-order valence-corrected chi connectivity index (χ4v) is 7.10. The van der Waals surface area contributed by atoms with Crippen LogP contribution in [0.25, 0.3) is 100 Å². The van der Waals surface area contributed by atoms with Crippen LogP contribution in [0.15, 0.2) is 188 Å². The van der Waals surface area contributed by atoms with Crippen molar-refractivity contribution >= 4 is 32.7 Å². The molecule has 5 nitrogen and oxygen atoms in total. The number of benzene rings is 6. The zero-order chi connectivity index (χ0) is 35.8. The summed E-state index contributed by atoms with van der Waals surface area (Å²) >= 11 is 0. The molecule has 0 spiro atoms. The molecule has 10 aromatic rings. The van der Waals surface area contributed by atoms with E-state index in [0.29, 0.717) is 5.82 Å². The topological polar surface area (TPSA) is 64.5 Å². The Morgan fingerprint density at radius 2 is 0.852 bits per heavy atom. The largest absolute Gasteiger partial charge is 0.256 e. The van der Waals surface area contributed by atoms with E-state index in [0.717, 1.165) is 94.4 Å². The highest BCUT2D eigenvalue weighted by Gasteiger charge is 2.13. The Hall–Kier alpha value is -7.37. The van der Waals surface area contributed by atoms with Gasteiger partial charge in [0.15, 0.2) is 5.82 Å². The molecule has 6 aromatic carbocycles. The molecule has 54 heavy (non-hydrogen) atoms. The van der Waals surface area contributed by atoms with E-state index in [1.807, 2.05) is 60.8 Å². The Kier molecular flexibility index (Phi) is 7.73. The van der Waals surface area contributed by atoms with Crippen molar-refractivity contribution < 1.29 is 0 Å². The molecule has 10 rings (SSSR count). The number of pyridine rings is 3. The molecule has 0 atom stereocenters. The van der Waals surface area contributed by atoms with Crippen LogP contribution < -0.4 is 0 Å². The van der Waals surface area contributed by atoms with Crippen molar-refractivity contribution in [3.8, 4) is 67.5 Å². The molecule has 0 fully saturated rings. The number of aromatic nitrogens is 5. The lowest BCUT2D eigenvalue weighted by atomic mass is 10.00. The van der Waals surface area contributed by atoms with Gasteiger partial charge in [-0.15, -0.1) is 0 Å². The van der Waals surface area contributed by atoms with Gasteiger partial charge in [-0.05, 0) is 47.5 Å². The number of nitrogens with zero attached hydrogens (tertiary/aromatic N) is 5. The van der Waals surface area contributed by atoms with E-state index >= 15 is 0 Å². The molecule has 0 aliphatic rings. The Morgan fingerprint density at radius 1 is 0.296 bits per heavy atom. The fraction of sp³-hybridized carbons (Fsp3) is 0. The molecule has 4 aromatic heterocycles. The van der Waals surface area contributed by atoms with Crippen LogP contribution in [0.1, 0.15) is 0 Å². The van der Waals surface area contributed by atoms with Crippen molar-refractivity contribution in [2.24, 2.45) is 0 Å². The highest BCUT2D eigenvalue weighted by atomic mass is 14.9. The summed E-state index contributed by atoms with van der Waals surface area (Å²) in [6, 6.07) is 62.6. The van der Waals surface area contributed by atoms with Gasteiger partial charge in [-0.2, -0.15) is 0 Å². The van der Waals surface area contributed by atoms with Crippen LogP contribution in [0.4, 0.5) is 0 Å². The minimum Gasteiger partial charge on any atom is -0.256 e. The summed E-state index contributed by atoms with van der Waals surface area (Å²) in [5.74, 6) is 0.706. The first-order chi connectivity index (χ1) is 26.7. The standard InChI is InChI=1S/C49H31N5/c1-3-9-33(10-4-1)46-31-47(54-49(53-46)38-11-5-2-6-12-38)34-18-16-32(17-19-34)39-22-20-35-24-26-42(51-44(35)29-39)40-23-21-36-25-27-43(52-45(36)30-40)41-15-7-13-37-14-8-28-50-48(37)41/h1-31H. The minimum absolute atomic E-state index is 0.706. The van der Waals surface area contributed by atoms with E-state index in [4.69, 9.17) is 19.9 Å². The Morgan fingerprint density at radius 3 is 1.59 bits per heavy atom. The van der Waals surface area contributed by atoms with Crippen LogP contribution in [0.3, 0.4) is 0 Å². The van der Waals surface area contributed by atoms with Gasteiger partial charge in [-0.1, -0.05) is 146 Å². The van der Waals surface area contributed by atoms with Gasteiger partial charge in [0.2, 0.25) is 0 Å². The van der Waals surface area contributed by atoms with Crippen LogP contribution in [-0.4, -0.2) is 24.9 Å². The van der Waals surface area contributed by atoms with Gasteiger partial charge in [0, 0.05) is 50.2 Å². The molecule has 0 bridgehead atoms. The third-order valence-electron chi connectivity index (χ3n) is 9.93. The van der Waals surface area contributed by atoms with E-state index < -0.39 is 0 Å². The molecule has 0 saturated carbocycles. The van der Waals surface area contributed by atoms with Crippen LogP contribution in [0.2, 0.25) is 0 Å². The number of rotatable bonds is 6. The lowest BCUT2D eigenvalue weighted by Crippen LogP contribution is -1.95. The van der Waals surface area contributed by atoms with Gasteiger partial charge >= 0.3 is 0 Å². The molecule has 5 heteroatoms. The van der Waals surface area contributed by atoms with Gasteiger partial charge in [0.05, 0.1) is 39.3 Å². The van der Waals surface area contributed by atoms with Crippen LogP contribution >= 0.6 is 0 Å². The lowest BCUT2D eigenvalue weighted by molar-refractivity contribution is 1.18. The van der Waals surface area contributed by atoms with Gasteiger partial charge in [0.1, 0.15) is 0 Å². The van der Waals surface area contributed by atoms with Crippen molar-refractivity contribution in [1.82, 2.24) is 24.9 Å². The number of para-hydroxylation sites is 1. The van der Waals surface area contributed by atoms with Gasteiger partial charge in [0.25, 0.3) is 0 Å². The second-order valence-corrected chi connectivity index (χ2v) is 13.4. The summed E-state index contributed by atoms with van der Waals surface area (Å²) in [6.07, 6.45) is 1.83. The lowest BCUT2D eigenvalue weighted by Gasteiger charge is -2.11. The molecule has 0 saturated heterocycles. The molecular weight excluding hydrogens is 659 g/mol. The highest BCUT2D eigenvalue weighted by molar-refractivity contribution is 5.95. The van der Waals surface area contributed by atoms with Crippen LogP contribution in [0.5, 0.6) is 0 Å². The average molecular weight is 690 g/mol. The van der Waals surface area contributed by atoms with Gasteiger partial charge < -0.3 is 0 Å². The molecular formula is C49H31N5. The summed E-state index contributed by atoms with van der Waals surface area (Å²) < 4.78 is 0. The predicted molar refractivity (Wildman–Crippen MR) is 221 cm³/mol.